The average Bonchev–Trinajstić information content (AvgIpc) is 2.72. The summed E-state index contributed by atoms with van der Waals surface area (Å²) >= 11 is 0. The third-order valence-corrected chi connectivity index (χ3v) is 4.81. The molecule has 1 aliphatic heterocycles. The van der Waals surface area contributed by atoms with Crippen LogP contribution in [0.5, 0.6) is 0 Å². The van der Waals surface area contributed by atoms with E-state index in [-0.39, 0.29) is 23.5 Å². The van der Waals surface area contributed by atoms with Crippen molar-refractivity contribution in [1.82, 2.24) is 10.2 Å². The number of nitrogens with zero attached hydrogens (tertiary/aromatic N) is 1. The average molecular weight is 282 g/mol. The fraction of sp³-hybridized carbons (Fsp3) is 0.938. The van der Waals surface area contributed by atoms with Crippen molar-refractivity contribution < 1.29 is 9.90 Å². The minimum Gasteiger partial charge on any atom is -0.394 e. The van der Waals surface area contributed by atoms with Crippen LogP contribution in [0.4, 0.5) is 0 Å². The lowest BCUT2D eigenvalue weighted by atomic mass is 9.64. The fourth-order valence-corrected chi connectivity index (χ4v) is 4.45. The maximum atomic E-state index is 11.6. The number of rotatable bonds is 5. The van der Waals surface area contributed by atoms with Gasteiger partial charge in [0.25, 0.3) is 0 Å². The maximum Gasteiger partial charge on any atom is 0.222 e. The number of aliphatic hydroxyl groups is 1. The third-order valence-electron chi connectivity index (χ3n) is 4.81. The number of aliphatic hydroxyl groups excluding tert-OH is 1. The van der Waals surface area contributed by atoms with Crippen molar-refractivity contribution in [3.63, 3.8) is 0 Å². The lowest BCUT2D eigenvalue weighted by Gasteiger charge is -2.47. The predicted molar refractivity (Wildman–Crippen MR) is 80.4 cm³/mol. The van der Waals surface area contributed by atoms with E-state index in [1.807, 2.05) is 4.90 Å². The summed E-state index contributed by atoms with van der Waals surface area (Å²) < 4.78 is 0. The summed E-state index contributed by atoms with van der Waals surface area (Å²) in [7, 11) is 0. The smallest absolute Gasteiger partial charge is 0.222 e. The number of carbonyl (C=O) groups excluding carboxylic acids is 1. The second-order valence-corrected chi connectivity index (χ2v) is 7.70. The summed E-state index contributed by atoms with van der Waals surface area (Å²) in [5.41, 5.74) is 0.112. The molecule has 2 fully saturated rings. The van der Waals surface area contributed by atoms with Gasteiger partial charge >= 0.3 is 0 Å². The molecule has 0 aromatic heterocycles. The fourth-order valence-electron chi connectivity index (χ4n) is 4.45. The predicted octanol–water partition coefficient (Wildman–Crippen LogP) is 1.78. The van der Waals surface area contributed by atoms with Crippen LogP contribution in [0.2, 0.25) is 0 Å². The van der Waals surface area contributed by atoms with Crippen LogP contribution in [0.1, 0.15) is 52.9 Å². The summed E-state index contributed by atoms with van der Waals surface area (Å²) in [5.74, 6) is 0.911. The molecular weight excluding hydrogens is 252 g/mol. The van der Waals surface area contributed by atoms with Crippen molar-refractivity contribution in [2.24, 2.45) is 11.3 Å². The molecule has 1 amide bonds. The van der Waals surface area contributed by atoms with Crippen LogP contribution in [0.25, 0.3) is 0 Å². The number of likely N-dealkylation sites (tertiary alicyclic amines) is 1. The van der Waals surface area contributed by atoms with Gasteiger partial charge in [-0.25, -0.2) is 0 Å². The highest BCUT2D eigenvalue weighted by atomic mass is 16.3. The molecule has 0 aromatic rings. The van der Waals surface area contributed by atoms with E-state index >= 15 is 0 Å². The first-order chi connectivity index (χ1) is 9.36. The van der Waals surface area contributed by atoms with Crippen molar-refractivity contribution in [2.45, 2.75) is 58.4 Å². The quantitative estimate of drug-likeness (QED) is 0.808. The Morgan fingerprint density at radius 2 is 2.15 bits per heavy atom. The topological polar surface area (TPSA) is 52.6 Å². The highest BCUT2D eigenvalue weighted by Gasteiger charge is 2.42. The second kappa shape index (κ2) is 6.02. The lowest BCUT2D eigenvalue weighted by Crippen LogP contribution is -2.56. The van der Waals surface area contributed by atoms with Crippen molar-refractivity contribution in [2.75, 3.05) is 26.2 Å². The molecule has 1 saturated heterocycles. The molecule has 1 aliphatic carbocycles. The van der Waals surface area contributed by atoms with E-state index in [4.69, 9.17) is 0 Å². The highest BCUT2D eigenvalue weighted by molar-refractivity contribution is 5.78. The minimum atomic E-state index is -0.163. The van der Waals surface area contributed by atoms with Crippen molar-refractivity contribution in [1.29, 1.82) is 0 Å². The summed E-state index contributed by atoms with van der Waals surface area (Å²) in [6, 6.07) is 0. The van der Waals surface area contributed by atoms with Gasteiger partial charge in [0.05, 0.1) is 6.61 Å². The van der Waals surface area contributed by atoms with Crippen LogP contribution in [-0.2, 0) is 4.79 Å². The van der Waals surface area contributed by atoms with Crippen molar-refractivity contribution in [3.8, 4) is 0 Å². The summed E-state index contributed by atoms with van der Waals surface area (Å²) in [6.07, 6.45) is 4.96. The van der Waals surface area contributed by atoms with Gasteiger partial charge in [-0.2, -0.15) is 0 Å². The van der Waals surface area contributed by atoms with Gasteiger partial charge in [0.2, 0.25) is 5.91 Å². The molecule has 20 heavy (non-hydrogen) atoms. The molecule has 0 aromatic carbocycles. The van der Waals surface area contributed by atoms with Crippen LogP contribution < -0.4 is 5.32 Å². The molecule has 4 nitrogen and oxygen atoms in total. The van der Waals surface area contributed by atoms with Gasteiger partial charge in [-0.05, 0) is 37.0 Å². The lowest BCUT2D eigenvalue weighted by molar-refractivity contribution is -0.127. The van der Waals surface area contributed by atoms with E-state index in [0.717, 1.165) is 38.9 Å². The normalized spacial score (nSPS) is 33.7. The maximum absolute atomic E-state index is 11.6. The van der Waals surface area contributed by atoms with Crippen LogP contribution in [-0.4, -0.2) is 47.7 Å². The van der Waals surface area contributed by atoms with E-state index in [9.17, 15) is 9.90 Å². The van der Waals surface area contributed by atoms with Gasteiger partial charge in [0, 0.05) is 31.6 Å². The van der Waals surface area contributed by atoms with E-state index in [1.165, 1.54) is 6.42 Å². The Bertz CT molecular complexity index is 356. The number of nitrogens with one attached hydrogen (secondary N) is 1. The van der Waals surface area contributed by atoms with Gasteiger partial charge in [-0.3, -0.25) is 4.79 Å². The zero-order chi connectivity index (χ0) is 14.8. The molecular formula is C16H30N2O2. The second-order valence-electron chi connectivity index (χ2n) is 7.70. The molecule has 4 heteroatoms. The van der Waals surface area contributed by atoms with Crippen molar-refractivity contribution in [3.05, 3.63) is 0 Å². The zero-order valence-electron chi connectivity index (χ0n) is 13.2. The van der Waals surface area contributed by atoms with Crippen LogP contribution in [0, 0.1) is 11.3 Å². The van der Waals surface area contributed by atoms with E-state index in [2.05, 4.69) is 26.1 Å². The zero-order valence-corrected chi connectivity index (χ0v) is 13.2. The molecule has 1 heterocycles. The Morgan fingerprint density at radius 3 is 2.70 bits per heavy atom. The molecule has 2 N–H and O–H groups in total. The number of amides is 1. The first-order valence-electron chi connectivity index (χ1n) is 8.00. The van der Waals surface area contributed by atoms with Crippen molar-refractivity contribution >= 4 is 5.91 Å². The Morgan fingerprint density at radius 1 is 1.40 bits per heavy atom. The molecule has 116 valence electrons. The number of hydrogen-bond donors (Lipinski definition) is 2. The van der Waals surface area contributed by atoms with Gasteiger partial charge in [-0.1, -0.05) is 20.8 Å². The summed E-state index contributed by atoms with van der Waals surface area (Å²) in [6.45, 7) is 9.50. The van der Waals surface area contributed by atoms with Crippen LogP contribution in [0.3, 0.4) is 0 Å². The van der Waals surface area contributed by atoms with Gasteiger partial charge in [0.15, 0.2) is 0 Å². The number of hydrogen-bond acceptors (Lipinski definition) is 3. The van der Waals surface area contributed by atoms with Gasteiger partial charge in [0.1, 0.15) is 0 Å². The van der Waals surface area contributed by atoms with Gasteiger partial charge < -0.3 is 15.3 Å². The minimum absolute atomic E-state index is 0.163. The largest absolute Gasteiger partial charge is 0.394 e. The standard InChI is InChI=1S/C16H30N2O2/c1-13-9-15(2,3)11-16(10-13,12-19)17-6-8-18-7-4-5-14(18)20/h13,17,19H,4-12H2,1-3H3. The molecule has 0 bridgehead atoms. The Kier molecular flexibility index (Phi) is 4.75. The van der Waals surface area contributed by atoms with E-state index < -0.39 is 0 Å². The molecule has 0 radical (unpaired) electrons. The summed E-state index contributed by atoms with van der Waals surface area (Å²) in [4.78, 5) is 13.5. The molecule has 2 aliphatic rings. The third kappa shape index (κ3) is 3.73. The van der Waals surface area contributed by atoms with E-state index in [0.29, 0.717) is 12.3 Å². The first-order valence-corrected chi connectivity index (χ1v) is 8.00. The van der Waals surface area contributed by atoms with Crippen LogP contribution in [0.15, 0.2) is 0 Å². The molecule has 2 atom stereocenters. The Hall–Kier alpha value is -0.610. The monoisotopic (exact) mass is 282 g/mol. The van der Waals surface area contributed by atoms with Gasteiger partial charge in [-0.15, -0.1) is 0 Å². The highest BCUT2D eigenvalue weighted by Crippen LogP contribution is 2.43. The molecule has 1 saturated carbocycles. The first kappa shape index (κ1) is 15.8. The summed E-state index contributed by atoms with van der Waals surface area (Å²) in [5, 5.41) is 13.5. The Labute approximate surface area is 122 Å². The number of carbonyl (C=O) groups is 1. The van der Waals surface area contributed by atoms with Crippen LogP contribution >= 0.6 is 0 Å². The molecule has 2 rings (SSSR count). The SMILES string of the molecule is CC1CC(C)(C)CC(CO)(NCCN2CCCC2=O)C1. The van der Waals surface area contributed by atoms with E-state index in [1.54, 1.807) is 0 Å². The Balaban J connectivity index is 1.89. The molecule has 0 spiro atoms. The molecule has 2 unspecified atom stereocenters.